The number of furan rings is 1. The van der Waals surface area contributed by atoms with Crippen molar-refractivity contribution in [3.8, 4) is 0 Å². The lowest BCUT2D eigenvalue weighted by Gasteiger charge is -2.32. The van der Waals surface area contributed by atoms with Crippen LogP contribution in [0.4, 0.5) is 5.69 Å². The first kappa shape index (κ1) is 21.8. The Labute approximate surface area is 186 Å². The smallest absolute Gasteiger partial charge is 0.337 e. The minimum Gasteiger partial charge on any atom is -0.467 e. The van der Waals surface area contributed by atoms with Crippen LogP contribution < -0.4 is 4.90 Å². The van der Waals surface area contributed by atoms with E-state index in [0.717, 1.165) is 37.0 Å². The molecular formula is C24H26N2O6. The van der Waals surface area contributed by atoms with E-state index in [1.54, 1.807) is 12.1 Å². The van der Waals surface area contributed by atoms with E-state index >= 15 is 0 Å². The largest absolute Gasteiger partial charge is 0.467 e. The lowest BCUT2D eigenvalue weighted by atomic mass is 9.88. The quantitative estimate of drug-likeness (QED) is 0.507. The summed E-state index contributed by atoms with van der Waals surface area (Å²) in [4.78, 5) is 53.9. The number of amides is 3. The monoisotopic (exact) mass is 438 g/mol. The molecule has 1 atom stereocenters. The second kappa shape index (κ2) is 9.38. The molecule has 8 nitrogen and oxygen atoms in total. The number of carbonyl (C=O) groups excluding carboxylic acids is 4. The maximum Gasteiger partial charge on any atom is 0.337 e. The number of carbonyl (C=O) groups is 4. The SMILES string of the molecule is COC(=O)c1ccc(N2C(=O)CC(N(Cc3ccco3)C(=O)C3CCCCC3)C2=O)cc1. The van der Waals surface area contributed by atoms with E-state index in [9.17, 15) is 19.2 Å². The van der Waals surface area contributed by atoms with Gasteiger partial charge >= 0.3 is 5.97 Å². The van der Waals surface area contributed by atoms with Gasteiger partial charge in [0.05, 0.1) is 37.6 Å². The van der Waals surface area contributed by atoms with E-state index in [0.29, 0.717) is 17.0 Å². The zero-order valence-corrected chi connectivity index (χ0v) is 18.0. The third kappa shape index (κ3) is 4.30. The highest BCUT2D eigenvalue weighted by Crippen LogP contribution is 2.31. The van der Waals surface area contributed by atoms with Crippen molar-refractivity contribution in [2.24, 2.45) is 5.92 Å². The molecule has 2 fully saturated rings. The van der Waals surface area contributed by atoms with Crippen molar-refractivity contribution in [1.29, 1.82) is 0 Å². The topological polar surface area (TPSA) is 97.1 Å². The van der Waals surface area contributed by atoms with Gasteiger partial charge in [-0.3, -0.25) is 14.4 Å². The number of hydrogen-bond acceptors (Lipinski definition) is 6. The van der Waals surface area contributed by atoms with Crippen LogP contribution in [-0.4, -0.2) is 41.7 Å². The summed E-state index contributed by atoms with van der Waals surface area (Å²) < 4.78 is 10.1. The van der Waals surface area contributed by atoms with Crippen molar-refractivity contribution >= 4 is 29.4 Å². The summed E-state index contributed by atoms with van der Waals surface area (Å²) in [6, 6.07) is 8.67. The lowest BCUT2D eigenvalue weighted by Crippen LogP contribution is -2.47. The van der Waals surface area contributed by atoms with Gasteiger partial charge in [-0.1, -0.05) is 19.3 Å². The fraction of sp³-hybridized carbons (Fsp3) is 0.417. The number of methoxy groups -OCH3 is 1. The molecule has 1 aromatic heterocycles. The predicted molar refractivity (Wildman–Crippen MR) is 115 cm³/mol. The number of anilines is 1. The number of rotatable bonds is 6. The Morgan fingerprint density at radius 3 is 2.44 bits per heavy atom. The summed E-state index contributed by atoms with van der Waals surface area (Å²) in [7, 11) is 1.28. The van der Waals surface area contributed by atoms with E-state index in [-0.39, 0.29) is 30.7 Å². The van der Waals surface area contributed by atoms with Gasteiger partial charge in [-0.15, -0.1) is 0 Å². The van der Waals surface area contributed by atoms with E-state index in [4.69, 9.17) is 4.42 Å². The van der Waals surface area contributed by atoms with Gasteiger partial charge in [0.1, 0.15) is 11.8 Å². The third-order valence-electron chi connectivity index (χ3n) is 6.19. The minimum atomic E-state index is -0.887. The molecule has 0 radical (unpaired) electrons. The predicted octanol–water partition coefficient (Wildman–Crippen LogP) is 3.31. The Bertz CT molecular complexity index is 992. The first-order valence-corrected chi connectivity index (χ1v) is 10.9. The number of ether oxygens (including phenoxy) is 1. The highest BCUT2D eigenvalue weighted by molar-refractivity contribution is 6.23. The zero-order chi connectivity index (χ0) is 22.7. The highest BCUT2D eigenvalue weighted by atomic mass is 16.5. The van der Waals surface area contributed by atoms with Crippen molar-refractivity contribution in [2.45, 2.75) is 51.1 Å². The number of hydrogen-bond donors (Lipinski definition) is 0. The van der Waals surface area contributed by atoms with Crippen LogP contribution in [0.2, 0.25) is 0 Å². The molecule has 1 aliphatic carbocycles. The summed E-state index contributed by atoms with van der Waals surface area (Å²) >= 11 is 0. The molecule has 2 heterocycles. The number of nitrogens with zero attached hydrogens (tertiary/aromatic N) is 2. The molecule has 0 N–H and O–H groups in total. The molecule has 1 aliphatic heterocycles. The van der Waals surface area contributed by atoms with E-state index in [2.05, 4.69) is 4.74 Å². The molecule has 0 bridgehead atoms. The van der Waals surface area contributed by atoms with Crippen molar-refractivity contribution in [1.82, 2.24) is 4.90 Å². The van der Waals surface area contributed by atoms with Gasteiger partial charge in [0.2, 0.25) is 11.8 Å². The van der Waals surface area contributed by atoms with Crippen molar-refractivity contribution in [2.75, 3.05) is 12.0 Å². The van der Waals surface area contributed by atoms with Crippen LogP contribution in [0.25, 0.3) is 0 Å². The van der Waals surface area contributed by atoms with Crippen LogP contribution in [0.1, 0.15) is 54.6 Å². The number of benzene rings is 1. The van der Waals surface area contributed by atoms with Crippen LogP contribution >= 0.6 is 0 Å². The molecule has 1 unspecified atom stereocenters. The molecule has 2 aromatic rings. The first-order chi connectivity index (χ1) is 15.5. The van der Waals surface area contributed by atoms with Gasteiger partial charge in [-0.05, 0) is 49.2 Å². The fourth-order valence-electron chi connectivity index (χ4n) is 4.49. The van der Waals surface area contributed by atoms with Gasteiger partial charge < -0.3 is 14.1 Å². The van der Waals surface area contributed by atoms with E-state index < -0.39 is 17.9 Å². The maximum absolute atomic E-state index is 13.4. The standard InChI is InChI=1S/C24H26N2O6/c1-31-24(30)17-9-11-18(12-10-17)26-21(27)14-20(23(26)29)25(15-19-8-5-13-32-19)22(28)16-6-3-2-4-7-16/h5,8-13,16,20H,2-4,6-7,14-15H2,1H3. The summed E-state index contributed by atoms with van der Waals surface area (Å²) in [5.41, 5.74) is 0.678. The Morgan fingerprint density at radius 1 is 1.09 bits per heavy atom. The Hall–Kier alpha value is -3.42. The van der Waals surface area contributed by atoms with E-state index in [1.165, 1.54) is 42.5 Å². The van der Waals surface area contributed by atoms with Crippen molar-refractivity contribution in [3.05, 3.63) is 54.0 Å². The zero-order valence-electron chi connectivity index (χ0n) is 18.0. The Balaban J connectivity index is 1.59. The molecule has 1 saturated carbocycles. The van der Waals surface area contributed by atoms with Crippen LogP contribution in [0.5, 0.6) is 0 Å². The first-order valence-electron chi connectivity index (χ1n) is 10.9. The summed E-state index contributed by atoms with van der Waals surface area (Å²) in [5.74, 6) is -1.01. The van der Waals surface area contributed by atoms with Crippen LogP contribution in [0.15, 0.2) is 47.1 Å². The second-order valence-electron chi connectivity index (χ2n) is 8.21. The lowest BCUT2D eigenvalue weighted by molar-refractivity contribution is -0.143. The highest BCUT2D eigenvalue weighted by Gasteiger charge is 2.45. The minimum absolute atomic E-state index is 0.0866. The second-order valence-corrected chi connectivity index (χ2v) is 8.21. The normalized spacial score (nSPS) is 19.3. The third-order valence-corrected chi connectivity index (χ3v) is 6.19. The van der Waals surface area contributed by atoms with Gasteiger partial charge in [-0.25, -0.2) is 9.69 Å². The maximum atomic E-state index is 13.4. The molecule has 0 spiro atoms. The molecule has 1 aromatic carbocycles. The van der Waals surface area contributed by atoms with Crippen molar-refractivity contribution in [3.63, 3.8) is 0 Å². The Morgan fingerprint density at radius 2 is 1.81 bits per heavy atom. The molecule has 168 valence electrons. The molecule has 8 heteroatoms. The molecule has 4 rings (SSSR count). The summed E-state index contributed by atoms with van der Waals surface area (Å²) in [5, 5.41) is 0. The van der Waals surface area contributed by atoms with Crippen LogP contribution in [-0.2, 0) is 25.7 Å². The molecule has 32 heavy (non-hydrogen) atoms. The van der Waals surface area contributed by atoms with Crippen LogP contribution in [0.3, 0.4) is 0 Å². The van der Waals surface area contributed by atoms with Crippen molar-refractivity contribution < 1.29 is 28.3 Å². The molecule has 2 aliphatic rings. The average Bonchev–Trinajstić information content (AvgIpc) is 3.44. The molecule has 3 amide bonds. The number of imide groups is 1. The molecule has 1 saturated heterocycles. The van der Waals surface area contributed by atoms with Gasteiger partial charge in [0.15, 0.2) is 0 Å². The average molecular weight is 438 g/mol. The summed E-state index contributed by atoms with van der Waals surface area (Å²) in [6.45, 7) is 0.140. The van der Waals surface area contributed by atoms with Gasteiger partial charge in [0.25, 0.3) is 5.91 Å². The summed E-state index contributed by atoms with van der Waals surface area (Å²) in [6.07, 6.45) is 6.11. The number of esters is 1. The van der Waals surface area contributed by atoms with E-state index in [1.807, 2.05) is 0 Å². The molecular weight excluding hydrogens is 412 g/mol. The van der Waals surface area contributed by atoms with Crippen LogP contribution in [0, 0.1) is 5.92 Å². The van der Waals surface area contributed by atoms with Gasteiger partial charge in [-0.2, -0.15) is 0 Å². The fourth-order valence-corrected chi connectivity index (χ4v) is 4.49. The van der Waals surface area contributed by atoms with Gasteiger partial charge in [0, 0.05) is 5.92 Å². The Kier molecular flexibility index (Phi) is 6.39.